The summed E-state index contributed by atoms with van der Waals surface area (Å²) in [6.45, 7) is 8.83. The van der Waals surface area contributed by atoms with Crippen LogP contribution in [0, 0.1) is 0 Å². The number of nitrogens with zero attached hydrogens (tertiary/aromatic N) is 2. The van der Waals surface area contributed by atoms with Gasteiger partial charge in [-0.25, -0.2) is 0 Å². The van der Waals surface area contributed by atoms with E-state index in [9.17, 15) is 0 Å². The number of methoxy groups -OCH3 is 1. The Labute approximate surface area is 134 Å². The van der Waals surface area contributed by atoms with Crippen molar-refractivity contribution < 1.29 is 4.74 Å². The van der Waals surface area contributed by atoms with Crippen molar-refractivity contribution in [2.75, 3.05) is 51.8 Å². The van der Waals surface area contributed by atoms with E-state index in [1.54, 1.807) is 0 Å². The minimum Gasteiger partial charge on any atom is -0.496 e. The van der Waals surface area contributed by atoms with Crippen molar-refractivity contribution in [2.24, 2.45) is 0 Å². The second-order valence-corrected chi connectivity index (χ2v) is 6.51. The van der Waals surface area contributed by atoms with Crippen molar-refractivity contribution >= 4 is 5.69 Å². The Morgan fingerprint density at radius 3 is 2.64 bits per heavy atom. The summed E-state index contributed by atoms with van der Waals surface area (Å²) in [5, 5.41) is 3.54. The molecule has 1 N–H and O–H groups in total. The number of fused-ring (bicyclic) bond motifs is 1. The van der Waals surface area contributed by atoms with E-state index in [0.29, 0.717) is 0 Å². The average molecular weight is 303 g/mol. The molecule has 0 aliphatic carbocycles. The third-order valence-corrected chi connectivity index (χ3v) is 4.97. The van der Waals surface area contributed by atoms with Crippen molar-refractivity contribution in [3.8, 4) is 5.75 Å². The Morgan fingerprint density at radius 2 is 1.95 bits per heavy atom. The Morgan fingerprint density at radius 1 is 1.18 bits per heavy atom. The predicted octanol–water partition coefficient (Wildman–Crippen LogP) is 2.05. The molecule has 0 amide bonds. The van der Waals surface area contributed by atoms with Gasteiger partial charge >= 0.3 is 0 Å². The fraction of sp³-hybridized carbons (Fsp3) is 0.667. The maximum Gasteiger partial charge on any atom is 0.125 e. The van der Waals surface area contributed by atoms with Gasteiger partial charge in [0.1, 0.15) is 5.75 Å². The summed E-state index contributed by atoms with van der Waals surface area (Å²) >= 11 is 0. The molecular weight excluding hydrogens is 274 g/mol. The monoisotopic (exact) mass is 303 g/mol. The number of nitrogens with one attached hydrogen (secondary N) is 1. The lowest BCUT2D eigenvalue weighted by atomic mass is 9.92. The maximum absolute atomic E-state index is 5.80. The summed E-state index contributed by atoms with van der Waals surface area (Å²) in [7, 11) is 4.04. The van der Waals surface area contributed by atoms with Gasteiger partial charge in [0.2, 0.25) is 0 Å². The number of aryl methyl sites for hydroxylation is 1. The molecule has 0 saturated carbocycles. The fourth-order valence-corrected chi connectivity index (χ4v) is 3.73. The number of piperazine rings is 1. The van der Waals surface area contributed by atoms with Gasteiger partial charge in [0.05, 0.1) is 7.11 Å². The van der Waals surface area contributed by atoms with Crippen LogP contribution in [0.3, 0.4) is 0 Å². The molecule has 0 aromatic heterocycles. The summed E-state index contributed by atoms with van der Waals surface area (Å²) in [5.41, 5.74) is 5.74. The first-order valence-electron chi connectivity index (χ1n) is 8.60. The largest absolute Gasteiger partial charge is 0.496 e. The molecule has 0 radical (unpaired) electrons. The first kappa shape index (κ1) is 15.6. The third-order valence-electron chi connectivity index (χ3n) is 4.97. The molecule has 0 atom stereocenters. The van der Waals surface area contributed by atoms with Crippen LogP contribution < -0.4 is 15.0 Å². The number of ether oxygens (including phenoxy) is 1. The normalized spacial score (nSPS) is 19.1. The van der Waals surface area contributed by atoms with E-state index >= 15 is 0 Å². The van der Waals surface area contributed by atoms with Crippen molar-refractivity contribution in [2.45, 2.75) is 32.7 Å². The van der Waals surface area contributed by atoms with Gasteiger partial charge in [0, 0.05) is 44.0 Å². The van der Waals surface area contributed by atoms with Crippen LogP contribution in [0.25, 0.3) is 0 Å². The molecule has 1 aromatic rings. The highest BCUT2D eigenvalue weighted by Crippen LogP contribution is 2.37. The van der Waals surface area contributed by atoms with E-state index in [1.807, 2.05) is 7.11 Å². The van der Waals surface area contributed by atoms with Crippen LogP contribution in [0.2, 0.25) is 0 Å². The van der Waals surface area contributed by atoms with Gasteiger partial charge < -0.3 is 19.9 Å². The quantitative estimate of drug-likeness (QED) is 0.921. The van der Waals surface area contributed by atoms with Crippen molar-refractivity contribution in [1.29, 1.82) is 0 Å². The van der Waals surface area contributed by atoms with Crippen LogP contribution in [0.5, 0.6) is 5.75 Å². The Balaban J connectivity index is 2.02. The molecular formula is C18H29N3O. The van der Waals surface area contributed by atoms with Crippen molar-refractivity contribution in [3.05, 3.63) is 22.8 Å². The summed E-state index contributed by atoms with van der Waals surface area (Å²) in [4.78, 5) is 4.99. The number of rotatable bonds is 4. The highest BCUT2D eigenvalue weighted by molar-refractivity contribution is 5.65. The van der Waals surface area contributed by atoms with E-state index in [0.717, 1.165) is 64.3 Å². The van der Waals surface area contributed by atoms with E-state index in [-0.39, 0.29) is 0 Å². The highest BCUT2D eigenvalue weighted by atomic mass is 16.5. The van der Waals surface area contributed by atoms with Crippen LogP contribution in [0.15, 0.2) is 6.07 Å². The minimum absolute atomic E-state index is 0.972. The fourth-order valence-electron chi connectivity index (χ4n) is 3.73. The van der Waals surface area contributed by atoms with E-state index < -0.39 is 0 Å². The van der Waals surface area contributed by atoms with Gasteiger partial charge in [-0.2, -0.15) is 0 Å². The smallest absolute Gasteiger partial charge is 0.125 e. The second kappa shape index (κ2) is 6.88. The molecule has 1 fully saturated rings. The number of hydrogen-bond acceptors (Lipinski definition) is 4. The Kier molecular flexibility index (Phi) is 4.89. The van der Waals surface area contributed by atoms with E-state index in [1.165, 1.54) is 22.4 Å². The predicted molar refractivity (Wildman–Crippen MR) is 92.1 cm³/mol. The first-order chi connectivity index (χ1) is 10.7. The van der Waals surface area contributed by atoms with Gasteiger partial charge in [-0.05, 0) is 43.6 Å². The van der Waals surface area contributed by atoms with Gasteiger partial charge in [0.25, 0.3) is 0 Å². The van der Waals surface area contributed by atoms with Crippen molar-refractivity contribution in [3.63, 3.8) is 0 Å². The van der Waals surface area contributed by atoms with Crippen LogP contribution in [-0.4, -0.2) is 51.8 Å². The Bertz CT molecular complexity index is 522. The minimum atomic E-state index is 0.972. The van der Waals surface area contributed by atoms with Gasteiger partial charge in [-0.3, -0.25) is 0 Å². The average Bonchev–Trinajstić information content (AvgIpc) is 2.55. The molecule has 2 aliphatic rings. The molecule has 2 aliphatic heterocycles. The number of anilines is 1. The molecule has 4 heteroatoms. The second-order valence-electron chi connectivity index (χ2n) is 6.51. The molecule has 22 heavy (non-hydrogen) atoms. The standard InChI is InChI=1S/C18H29N3O/c1-4-5-14-12-17(21-10-8-20(2)9-11-21)16-13-19-7-6-15(16)18(14)22-3/h12,19H,4-11,13H2,1-3H3. The number of benzene rings is 1. The van der Waals surface area contributed by atoms with Gasteiger partial charge in [-0.1, -0.05) is 13.3 Å². The van der Waals surface area contributed by atoms with Crippen molar-refractivity contribution in [1.82, 2.24) is 10.2 Å². The van der Waals surface area contributed by atoms with Gasteiger partial charge in [-0.15, -0.1) is 0 Å². The molecule has 1 aromatic carbocycles. The molecule has 4 nitrogen and oxygen atoms in total. The Hall–Kier alpha value is -1.26. The zero-order chi connectivity index (χ0) is 15.5. The van der Waals surface area contributed by atoms with E-state index in [2.05, 4.69) is 35.2 Å². The van der Waals surface area contributed by atoms with Gasteiger partial charge in [0.15, 0.2) is 0 Å². The summed E-state index contributed by atoms with van der Waals surface area (Å²) in [6.07, 6.45) is 3.34. The van der Waals surface area contributed by atoms with Crippen LogP contribution in [0.4, 0.5) is 5.69 Å². The SMILES string of the molecule is CCCc1cc(N2CCN(C)CC2)c2c(c1OC)CCNC2. The molecule has 0 bridgehead atoms. The molecule has 3 rings (SSSR count). The molecule has 0 spiro atoms. The third kappa shape index (κ3) is 2.95. The maximum atomic E-state index is 5.80. The molecule has 122 valence electrons. The number of hydrogen-bond donors (Lipinski definition) is 1. The number of likely N-dealkylation sites (N-methyl/N-ethyl adjacent to an activating group) is 1. The van der Waals surface area contributed by atoms with Crippen LogP contribution in [0.1, 0.15) is 30.0 Å². The zero-order valence-electron chi connectivity index (χ0n) is 14.2. The highest BCUT2D eigenvalue weighted by Gasteiger charge is 2.25. The zero-order valence-corrected chi connectivity index (χ0v) is 14.2. The van der Waals surface area contributed by atoms with E-state index in [4.69, 9.17) is 4.74 Å². The summed E-state index contributed by atoms with van der Waals surface area (Å²) < 4.78 is 5.80. The first-order valence-corrected chi connectivity index (χ1v) is 8.60. The molecule has 1 saturated heterocycles. The summed E-state index contributed by atoms with van der Waals surface area (Å²) in [5.74, 6) is 1.15. The lowest BCUT2D eigenvalue weighted by molar-refractivity contribution is 0.312. The van der Waals surface area contributed by atoms with Crippen LogP contribution in [-0.2, 0) is 19.4 Å². The topological polar surface area (TPSA) is 27.7 Å². The molecule has 2 heterocycles. The molecule has 0 unspecified atom stereocenters. The summed E-state index contributed by atoms with van der Waals surface area (Å²) in [6, 6.07) is 2.40. The lowest BCUT2D eigenvalue weighted by Gasteiger charge is -2.37. The van der Waals surface area contributed by atoms with Crippen LogP contribution >= 0.6 is 0 Å². The lowest BCUT2D eigenvalue weighted by Crippen LogP contribution is -2.45.